The van der Waals surface area contributed by atoms with Crippen LogP contribution in [0.15, 0.2) is 42.5 Å². The summed E-state index contributed by atoms with van der Waals surface area (Å²) >= 11 is 5.85. The first-order valence-corrected chi connectivity index (χ1v) is 9.96. The van der Waals surface area contributed by atoms with Gasteiger partial charge in [0.1, 0.15) is 0 Å². The molecule has 0 amide bonds. The Morgan fingerprint density at radius 2 is 1.71 bits per heavy atom. The van der Waals surface area contributed by atoms with E-state index in [9.17, 15) is 31.1 Å². The molecule has 9 heteroatoms. The first-order chi connectivity index (χ1) is 14.3. The lowest BCUT2D eigenvalue weighted by atomic mass is 9.70. The smallest absolute Gasteiger partial charge is 0.305 e. The van der Waals surface area contributed by atoms with Gasteiger partial charge >= 0.3 is 12.4 Å². The minimum atomic E-state index is -5.17. The maximum Gasteiger partial charge on any atom is 0.417 e. The predicted octanol–water partition coefficient (Wildman–Crippen LogP) is 6.61. The molecular formula is C22H20ClF6NO. The number of ketones is 1. The van der Waals surface area contributed by atoms with Crippen molar-refractivity contribution in [1.82, 2.24) is 4.90 Å². The molecule has 1 aliphatic rings. The molecule has 0 saturated carbocycles. The van der Waals surface area contributed by atoms with Crippen LogP contribution in [0.3, 0.4) is 0 Å². The highest BCUT2D eigenvalue weighted by atomic mass is 35.5. The van der Waals surface area contributed by atoms with Crippen LogP contribution in [0.4, 0.5) is 26.3 Å². The number of benzene rings is 2. The Hall–Kier alpha value is -2.06. The molecule has 2 nitrogen and oxygen atoms in total. The van der Waals surface area contributed by atoms with Crippen LogP contribution in [0, 0.1) is 0 Å². The van der Waals surface area contributed by atoms with Crippen LogP contribution in [0.2, 0.25) is 5.02 Å². The van der Waals surface area contributed by atoms with Gasteiger partial charge in [-0.2, -0.15) is 26.3 Å². The molecule has 31 heavy (non-hydrogen) atoms. The highest BCUT2D eigenvalue weighted by molar-refractivity contribution is 6.34. The Balaban J connectivity index is 2.09. The third-order valence-corrected chi connectivity index (χ3v) is 5.95. The van der Waals surface area contributed by atoms with Crippen molar-refractivity contribution in [2.24, 2.45) is 0 Å². The second kappa shape index (κ2) is 8.47. The summed E-state index contributed by atoms with van der Waals surface area (Å²) in [4.78, 5) is 15.2. The first-order valence-electron chi connectivity index (χ1n) is 9.59. The van der Waals surface area contributed by atoms with Gasteiger partial charge in [-0.1, -0.05) is 41.9 Å². The number of carbonyl (C=O) groups excluding carboxylic acids is 1. The van der Waals surface area contributed by atoms with Crippen LogP contribution in [0.5, 0.6) is 0 Å². The fourth-order valence-electron chi connectivity index (χ4n) is 4.31. The maximum atomic E-state index is 13.6. The van der Waals surface area contributed by atoms with Crippen molar-refractivity contribution in [3.63, 3.8) is 0 Å². The summed E-state index contributed by atoms with van der Waals surface area (Å²) in [6.07, 6.45) is -9.20. The van der Waals surface area contributed by atoms with Gasteiger partial charge in [-0.15, -0.1) is 0 Å². The van der Waals surface area contributed by atoms with Crippen LogP contribution in [-0.2, 0) is 17.8 Å². The molecule has 2 aromatic carbocycles. The fraction of sp³-hybridized carbons (Fsp3) is 0.409. The molecule has 3 rings (SSSR count). The second-order valence-corrected chi connectivity index (χ2v) is 8.37. The molecule has 0 radical (unpaired) electrons. The maximum absolute atomic E-state index is 13.6. The second-order valence-electron chi connectivity index (χ2n) is 7.96. The number of likely N-dealkylation sites (N-methyl/N-ethyl adjacent to an activating group) is 1. The van der Waals surface area contributed by atoms with Gasteiger partial charge in [0.15, 0.2) is 5.78 Å². The van der Waals surface area contributed by atoms with E-state index in [0.717, 1.165) is 18.5 Å². The van der Waals surface area contributed by atoms with E-state index in [1.165, 1.54) is 0 Å². The van der Waals surface area contributed by atoms with E-state index in [-0.39, 0.29) is 12.5 Å². The average molecular weight is 464 g/mol. The van der Waals surface area contributed by atoms with Crippen LogP contribution in [0.25, 0.3) is 0 Å². The molecule has 1 unspecified atom stereocenters. The number of rotatable bonds is 4. The third-order valence-electron chi connectivity index (χ3n) is 5.65. The molecule has 168 valence electrons. The zero-order valence-electron chi connectivity index (χ0n) is 16.6. The summed E-state index contributed by atoms with van der Waals surface area (Å²) in [6, 6.07) is 9.31. The van der Waals surface area contributed by atoms with Gasteiger partial charge in [0, 0.05) is 23.9 Å². The molecule has 0 bridgehead atoms. The zero-order chi connectivity index (χ0) is 23.0. The minimum absolute atomic E-state index is 0.0404. The molecule has 0 N–H and O–H groups in total. The van der Waals surface area contributed by atoms with Gasteiger partial charge in [0.25, 0.3) is 0 Å². The van der Waals surface area contributed by atoms with Gasteiger partial charge in [0.05, 0.1) is 16.1 Å². The number of hydrogen-bond acceptors (Lipinski definition) is 2. The standard InChI is InChI=1S/C22H20ClF6NO/c1-30-9-5-8-20(13-30,14-6-3-2-4-7-14)12-18(31)19-16(22(27,28)29)10-15(11-17(19)23)21(24,25)26/h2-4,6-7,10-11H,5,8-9,12-13H2,1H3. The molecule has 0 aliphatic carbocycles. The van der Waals surface area contributed by atoms with E-state index in [4.69, 9.17) is 11.6 Å². The van der Waals surface area contributed by atoms with Crippen LogP contribution in [0.1, 0.15) is 46.3 Å². The fourth-order valence-corrected chi connectivity index (χ4v) is 4.63. The Kier molecular flexibility index (Phi) is 6.45. The van der Waals surface area contributed by atoms with Crippen molar-refractivity contribution in [2.45, 2.75) is 37.0 Å². The number of hydrogen-bond donors (Lipinski definition) is 0. The van der Waals surface area contributed by atoms with Gasteiger partial charge in [0.2, 0.25) is 0 Å². The monoisotopic (exact) mass is 463 g/mol. The Morgan fingerprint density at radius 3 is 2.26 bits per heavy atom. The Morgan fingerprint density at radius 1 is 1.06 bits per heavy atom. The number of piperidine rings is 1. The lowest BCUT2D eigenvalue weighted by molar-refractivity contribution is -0.143. The molecule has 1 aliphatic heterocycles. The van der Waals surface area contributed by atoms with Crippen LogP contribution < -0.4 is 0 Å². The summed E-state index contributed by atoms with van der Waals surface area (Å²) in [5.74, 6) is -0.926. The molecule has 0 spiro atoms. The molecule has 0 aromatic heterocycles. The molecule has 2 aromatic rings. The van der Waals surface area contributed by atoms with E-state index < -0.39 is 45.3 Å². The van der Waals surface area contributed by atoms with E-state index in [1.54, 1.807) is 18.2 Å². The summed E-state index contributed by atoms with van der Waals surface area (Å²) in [5.41, 5.74) is -4.08. The van der Waals surface area contributed by atoms with Gasteiger partial charge in [-0.25, -0.2) is 0 Å². The first kappa shape index (κ1) is 23.6. The van der Waals surface area contributed by atoms with E-state index in [1.807, 2.05) is 24.1 Å². The number of nitrogens with zero attached hydrogens (tertiary/aromatic N) is 1. The summed E-state index contributed by atoms with van der Waals surface area (Å²) in [7, 11) is 1.85. The molecular weight excluding hydrogens is 444 g/mol. The summed E-state index contributed by atoms with van der Waals surface area (Å²) in [6.45, 7) is 1.21. The molecule has 1 atom stereocenters. The highest BCUT2D eigenvalue weighted by Gasteiger charge is 2.43. The lowest BCUT2D eigenvalue weighted by Crippen LogP contribution is -2.45. The third kappa shape index (κ3) is 5.06. The Bertz CT molecular complexity index is 957. The lowest BCUT2D eigenvalue weighted by Gasteiger charge is -2.42. The van der Waals surface area contributed by atoms with Crippen molar-refractivity contribution in [2.75, 3.05) is 20.1 Å². The van der Waals surface area contributed by atoms with Crippen molar-refractivity contribution in [3.05, 3.63) is 69.7 Å². The number of carbonyl (C=O) groups is 1. The van der Waals surface area contributed by atoms with E-state index >= 15 is 0 Å². The highest BCUT2D eigenvalue weighted by Crippen LogP contribution is 2.43. The zero-order valence-corrected chi connectivity index (χ0v) is 17.3. The van der Waals surface area contributed by atoms with Crippen molar-refractivity contribution in [3.8, 4) is 0 Å². The van der Waals surface area contributed by atoms with E-state index in [0.29, 0.717) is 19.0 Å². The minimum Gasteiger partial charge on any atom is -0.305 e. The number of likely N-dealkylation sites (tertiary alicyclic amines) is 1. The topological polar surface area (TPSA) is 20.3 Å². The van der Waals surface area contributed by atoms with Gasteiger partial charge < -0.3 is 4.90 Å². The van der Waals surface area contributed by atoms with Crippen molar-refractivity contribution >= 4 is 17.4 Å². The quantitative estimate of drug-likeness (QED) is 0.375. The Labute approximate surface area is 180 Å². The number of alkyl halides is 6. The van der Waals surface area contributed by atoms with E-state index in [2.05, 4.69) is 0 Å². The predicted molar refractivity (Wildman–Crippen MR) is 105 cm³/mol. The van der Waals surface area contributed by atoms with Crippen molar-refractivity contribution in [1.29, 1.82) is 0 Å². The average Bonchev–Trinajstić information content (AvgIpc) is 2.66. The van der Waals surface area contributed by atoms with Crippen molar-refractivity contribution < 1.29 is 31.1 Å². The largest absolute Gasteiger partial charge is 0.417 e. The van der Waals surface area contributed by atoms with Crippen LogP contribution in [-0.4, -0.2) is 30.8 Å². The summed E-state index contributed by atoms with van der Waals surface area (Å²) < 4.78 is 80.0. The summed E-state index contributed by atoms with van der Waals surface area (Å²) in [5, 5.41) is -0.848. The van der Waals surface area contributed by atoms with Crippen LogP contribution >= 0.6 is 11.6 Å². The number of Topliss-reactive ketones (excluding diaryl/α,β-unsaturated/α-hetero) is 1. The SMILES string of the molecule is CN1CCCC(CC(=O)c2c(Cl)cc(C(F)(F)F)cc2C(F)(F)F)(c2ccccc2)C1. The molecule has 1 fully saturated rings. The van der Waals surface area contributed by atoms with Gasteiger partial charge in [-0.05, 0) is 44.1 Å². The molecule has 1 heterocycles. The molecule has 1 saturated heterocycles. The van der Waals surface area contributed by atoms with Gasteiger partial charge in [-0.3, -0.25) is 4.79 Å². The number of halogens is 7. The normalized spacial score (nSPS) is 20.6.